The Morgan fingerprint density at radius 1 is 1.14 bits per heavy atom. The van der Waals surface area contributed by atoms with Gasteiger partial charge in [0.25, 0.3) is 0 Å². The fraction of sp³-hybridized carbons (Fsp3) is 0.947. The van der Waals surface area contributed by atoms with Crippen LogP contribution >= 0.6 is 0 Å². The molecule has 1 aliphatic heterocycles. The van der Waals surface area contributed by atoms with Gasteiger partial charge in [0.05, 0.1) is 0 Å². The number of likely N-dealkylation sites (tertiary alicyclic amines) is 1. The lowest BCUT2D eigenvalue weighted by Crippen LogP contribution is -2.42. The summed E-state index contributed by atoms with van der Waals surface area (Å²) in [6, 6.07) is 0. The fourth-order valence-electron chi connectivity index (χ4n) is 4.25. The molecular weight excluding hydrogens is 258 g/mol. The minimum absolute atomic E-state index is 0.311. The third-order valence-corrected chi connectivity index (χ3v) is 5.87. The first-order valence-electron chi connectivity index (χ1n) is 9.15. The molecule has 2 rings (SSSR count). The van der Waals surface area contributed by atoms with E-state index in [1.54, 1.807) is 0 Å². The van der Waals surface area contributed by atoms with Gasteiger partial charge in [-0.25, -0.2) is 0 Å². The van der Waals surface area contributed by atoms with Crippen LogP contribution in [-0.2, 0) is 4.79 Å². The van der Waals surface area contributed by atoms with Crippen LogP contribution in [0.4, 0.5) is 0 Å². The second-order valence-corrected chi connectivity index (χ2v) is 8.53. The summed E-state index contributed by atoms with van der Waals surface area (Å²) in [6.07, 6.45) is 8.45. The number of piperidine rings is 1. The molecule has 0 aromatic rings. The molecule has 1 saturated heterocycles. The molecule has 0 bridgehead atoms. The lowest BCUT2D eigenvalue weighted by molar-refractivity contribution is -0.127. The summed E-state index contributed by atoms with van der Waals surface area (Å²) < 4.78 is 0. The van der Waals surface area contributed by atoms with Crippen LogP contribution in [-0.4, -0.2) is 30.3 Å². The third-order valence-electron chi connectivity index (χ3n) is 5.87. The number of hydrogen-bond donors (Lipinski definition) is 0. The zero-order valence-electron chi connectivity index (χ0n) is 14.7. The van der Waals surface area contributed by atoms with Gasteiger partial charge >= 0.3 is 0 Å². The monoisotopic (exact) mass is 293 g/mol. The topological polar surface area (TPSA) is 20.3 Å². The largest absolute Gasteiger partial charge is 0.303 e. The fourth-order valence-corrected chi connectivity index (χ4v) is 4.25. The number of nitrogens with zero attached hydrogens (tertiary/aromatic N) is 1. The van der Waals surface area contributed by atoms with Crippen LogP contribution in [0.1, 0.15) is 72.6 Å². The maximum absolute atomic E-state index is 12.3. The van der Waals surface area contributed by atoms with Crippen molar-refractivity contribution in [3.05, 3.63) is 0 Å². The molecule has 1 heterocycles. The number of Topliss-reactive ketones (excluding diaryl/α,β-unsaturated/α-hetero) is 1. The quantitative estimate of drug-likeness (QED) is 0.759. The number of carbonyl (C=O) groups is 1. The molecule has 122 valence electrons. The number of ketones is 1. The Labute approximate surface area is 131 Å². The van der Waals surface area contributed by atoms with Crippen LogP contribution in [0.5, 0.6) is 0 Å². The van der Waals surface area contributed by atoms with Gasteiger partial charge in [0, 0.05) is 18.9 Å². The highest BCUT2D eigenvalue weighted by molar-refractivity contribution is 5.82. The van der Waals surface area contributed by atoms with Crippen molar-refractivity contribution in [3.63, 3.8) is 0 Å². The molecule has 21 heavy (non-hydrogen) atoms. The van der Waals surface area contributed by atoms with E-state index in [4.69, 9.17) is 0 Å². The van der Waals surface area contributed by atoms with Gasteiger partial charge in [0.2, 0.25) is 0 Å². The van der Waals surface area contributed by atoms with Gasteiger partial charge in [0.1, 0.15) is 5.78 Å². The van der Waals surface area contributed by atoms with Crippen molar-refractivity contribution in [2.24, 2.45) is 23.2 Å². The normalized spacial score (nSPS) is 29.8. The van der Waals surface area contributed by atoms with E-state index in [2.05, 4.69) is 32.6 Å². The lowest BCUT2D eigenvalue weighted by atomic mass is 9.68. The Kier molecular flexibility index (Phi) is 5.88. The Balaban J connectivity index is 1.83. The van der Waals surface area contributed by atoms with Crippen LogP contribution in [0.15, 0.2) is 0 Å². The molecule has 2 fully saturated rings. The van der Waals surface area contributed by atoms with Crippen molar-refractivity contribution in [2.75, 3.05) is 19.6 Å². The summed E-state index contributed by atoms with van der Waals surface area (Å²) in [6.45, 7) is 12.8. The molecule has 0 amide bonds. The van der Waals surface area contributed by atoms with Gasteiger partial charge in [-0.3, -0.25) is 4.79 Å². The minimum atomic E-state index is 0.311. The molecule has 2 heteroatoms. The van der Waals surface area contributed by atoms with Crippen LogP contribution < -0.4 is 0 Å². The van der Waals surface area contributed by atoms with Crippen LogP contribution in [0, 0.1) is 23.2 Å². The summed E-state index contributed by atoms with van der Waals surface area (Å²) in [7, 11) is 0. The molecule has 2 nitrogen and oxygen atoms in total. The molecular formula is C19H35NO. The maximum atomic E-state index is 12.3. The van der Waals surface area contributed by atoms with Crippen molar-refractivity contribution >= 4 is 5.78 Å². The van der Waals surface area contributed by atoms with Crippen molar-refractivity contribution in [3.8, 4) is 0 Å². The van der Waals surface area contributed by atoms with E-state index in [0.29, 0.717) is 17.1 Å². The SMILES string of the molecule is CCCC1CCN(CC2CC(C(C)(C)C)CCC2=O)CC1. The number of carbonyl (C=O) groups excluding carboxylic acids is 1. The summed E-state index contributed by atoms with van der Waals surface area (Å²) in [5.74, 6) is 2.50. The van der Waals surface area contributed by atoms with Crippen molar-refractivity contribution < 1.29 is 4.79 Å². The van der Waals surface area contributed by atoms with Gasteiger partial charge < -0.3 is 4.90 Å². The molecule has 1 saturated carbocycles. The average Bonchev–Trinajstić information content (AvgIpc) is 2.42. The van der Waals surface area contributed by atoms with Crippen LogP contribution in [0.2, 0.25) is 0 Å². The first-order valence-corrected chi connectivity index (χ1v) is 9.15. The van der Waals surface area contributed by atoms with E-state index in [1.807, 2.05) is 0 Å². The molecule has 0 N–H and O–H groups in total. The number of hydrogen-bond acceptors (Lipinski definition) is 2. The van der Waals surface area contributed by atoms with Crippen molar-refractivity contribution in [2.45, 2.75) is 72.6 Å². The zero-order chi connectivity index (χ0) is 15.5. The average molecular weight is 293 g/mol. The minimum Gasteiger partial charge on any atom is -0.303 e. The first kappa shape index (κ1) is 17.0. The molecule has 1 aliphatic carbocycles. The molecule has 0 aromatic carbocycles. The van der Waals surface area contributed by atoms with E-state index in [0.717, 1.165) is 37.6 Å². The van der Waals surface area contributed by atoms with Gasteiger partial charge in [-0.2, -0.15) is 0 Å². The van der Waals surface area contributed by atoms with Gasteiger partial charge in [0.15, 0.2) is 0 Å². The Hall–Kier alpha value is -0.370. The van der Waals surface area contributed by atoms with E-state index < -0.39 is 0 Å². The maximum Gasteiger partial charge on any atom is 0.137 e. The van der Waals surface area contributed by atoms with E-state index in [-0.39, 0.29) is 0 Å². The highest BCUT2D eigenvalue weighted by atomic mass is 16.1. The molecule has 0 radical (unpaired) electrons. The summed E-state index contributed by atoms with van der Waals surface area (Å²) >= 11 is 0. The Morgan fingerprint density at radius 2 is 1.81 bits per heavy atom. The van der Waals surface area contributed by atoms with Crippen LogP contribution in [0.25, 0.3) is 0 Å². The standard InChI is InChI=1S/C19H35NO/c1-5-6-15-9-11-20(12-10-15)14-16-13-17(19(2,3)4)7-8-18(16)21/h15-17H,5-14H2,1-4H3. The second-order valence-electron chi connectivity index (χ2n) is 8.53. The number of rotatable bonds is 4. The summed E-state index contributed by atoms with van der Waals surface area (Å²) in [4.78, 5) is 14.8. The smallest absolute Gasteiger partial charge is 0.137 e. The molecule has 2 atom stereocenters. The van der Waals surface area contributed by atoms with Gasteiger partial charge in [-0.15, -0.1) is 0 Å². The first-order chi connectivity index (χ1) is 9.90. The third kappa shape index (κ3) is 4.81. The van der Waals surface area contributed by atoms with Crippen molar-refractivity contribution in [1.82, 2.24) is 4.90 Å². The predicted octanol–water partition coefficient (Wildman–Crippen LogP) is 4.53. The van der Waals surface area contributed by atoms with Gasteiger partial charge in [-0.1, -0.05) is 40.5 Å². The van der Waals surface area contributed by atoms with E-state index in [1.165, 1.54) is 38.8 Å². The summed E-state index contributed by atoms with van der Waals surface area (Å²) in [5.41, 5.74) is 0.354. The highest BCUT2D eigenvalue weighted by Gasteiger charge is 2.35. The highest BCUT2D eigenvalue weighted by Crippen LogP contribution is 2.39. The molecule has 2 unspecified atom stereocenters. The van der Waals surface area contributed by atoms with Crippen molar-refractivity contribution in [1.29, 1.82) is 0 Å². The Morgan fingerprint density at radius 3 is 2.38 bits per heavy atom. The second kappa shape index (κ2) is 7.26. The lowest BCUT2D eigenvalue weighted by Gasteiger charge is -2.40. The van der Waals surface area contributed by atoms with Crippen LogP contribution in [0.3, 0.4) is 0 Å². The molecule has 0 spiro atoms. The molecule has 0 aromatic heterocycles. The van der Waals surface area contributed by atoms with E-state index in [9.17, 15) is 4.79 Å². The molecule has 2 aliphatic rings. The van der Waals surface area contributed by atoms with Gasteiger partial charge in [-0.05, 0) is 56.0 Å². The predicted molar refractivity (Wildman–Crippen MR) is 89.4 cm³/mol. The Bertz CT molecular complexity index is 336. The zero-order valence-corrected chi connectivity index (χ0v) is 14.7. The summed E-state index contributed by atoms with van der Waals surface area (Å²) in [5, 5.41) is 0. The van der Waals surface area contributed by atoms with E-state index >= 15 is 0 Å².